The molecule has 1 atom stereocenters. The molecule has 4 nitrogen and oxygen atoms in total. The SMILES string of the molecule is COc1ccccc1/C=C/[C@H]1Nc2ccccc2C(=O)N1C1CC1. The van der Waals surface area contributed by atoms with Gasteiger partial charge in [0.2, 0.25) is 0 Å². The van der Waals surface area contributed by atoms with E-state index < -0.39 is 0 Å². The first-order valence-electron chi connectivity index (χ1n) is 8.27. The fourth-order valence-electron chi connectivity index (χ4n) is 3.18. The molecule has 2 aromatic carbocycles. The molecule has 0 aromatic heterocycles. The van der Waals surface area contributed by atoms with Crippen LogP contribution in [0.2, 0.25) is 0 Å². The molecule has 24 heavy (non-hydrogen) atoms. The lowest BCUT2D eigenvalue weighted by atomic mass is 10.1. The quantitative estimate of drug-likeness (QED) is 0.932. The van der Waals surface area contributed by atoms with Crippen LogP contribution in [0.3, 0.4) is 0 Å². The van der Waals surface area contributed by atoms with E-state index in [1.807, 2.05) is 65.6 Å². The number of carbonyl (C=O) groups excluding carboxylic acids is 1. The summed E-state index contributed by atoms with van der Waals surface area (Å²) < 4.78 is 5.40. The van der Waals surface area contributed by atoms with Crippen LogP contribution in [0.1, 0.15) is 28.8 Å². The summed E-state index contributed by atoms with van der Waals surface area (Å²) in [5.41, 5.74) is 2.66. The molecule has 4 heteroatoms. The lowest BCUT2D eigenvalue weighted by Gasteiger charge is -2.36. The Kier molecular flexibility index (Phi) is 3.73. The molecule has 1 aliphatic heterocycles. The molecule has 122 valence electrons. The second-order valence-corrected chi connectivity index (χ2v) is 6.18. The largest absolute Gasteiger partial charge is 0.496 e. The molecule has 1 N–H and O–H groups in total. The molecule has 0 radical (unpaired) electrons. The van der Waals surface area contributed by atoms with Crippen molar-refractivity contribution in [3.63, 3.8) is 0 Å². The van der Waals surface area contributed by atoms with Gasteiger partial charge in [0.25, 0.3) is 5.91 Å². The molecule has 0 spiro atoms. The number of carbonyl (C=O) groups is 1. The number of benzene rings is 2. The van der Waals surface area contributed by atoms with Gasteiger partial charge in [-0.25, -0.2) is 0 Å². The van der Waals surface area contributed by atoms with E-state index in [2.05, 4.69) is 5.32 Å². The van der Waals surface area contributed by atoms with Crippen LogP contribution in [0.4, 0.5) is 5.69 Å². The Morgan fingerprint density at radius 3 is 2.67 bits per heavy atom. The Balaban J connectivity index is 1.66. The van der Waals surface area contributed by atoms with Gasteiger partial charge in [0.05, 0.1) is 12.7 Å². The van der Waals surface area contributed by atoms with Gasteiger partial charge in [-0.3, -0.25) is 4.79 Å². The molecule has 0 unspecified atom stereocenters. The normalized spacial score (nSPS) is 20.0. The molecular weight excluding hydrogens is 300 g/mol. The second kappa shape index (κ2) is 6.04. The first kappa shape index (κ1) is 14.8. The van der Waals surface area contributed by atoms with Crippen LogP contribution in [0.15, 0.2) is 54.6 Å². The van der Waals surface area contributed by atoms with Crippen molar-refractivity contribution in [2.45, 2.75) is 25.0 Å². The van der Waals surface area contributed by atoms with Crippen molar-refractivity contribution in [2.24, 2.45) is 0 Å². The highest BCUT2D eigenvalue weighted by atomic mass is 16.5. The third-order valence-electron chi connectivity index (χ3n) is 4.53. The van der Waals surface area contributed by atoms with Crippen molar-refractivity contribution >= 4 is 17.7 Å². The van der Waals surface area contributed by atoms with Crippen LogP contribution in [0.25, 0.3) is 6.08 Å². The van der Waals surface area contributed by atoms with Crippen LogP contribution < -0.4 is 10.1 Å². The molecular formula is C20H20N2O2. The van der Waals surface area contributed by atoms with Gasteiger partial charge in [0.1, 0.15) is 11.9 Å². The van der Waals surface area contributed by atoms with Gasteiger partial charge in [-0.2, -0.15) is 0 Å². The van der Waals surface area contributed by atoms with Gasteiger partial charge in [-0.1, -0.05) is 36.4 Å². The molecule has 0 bridgehead atoms. The molecule has 1 aliphatic carbocycles. The van der Waals surface area contributed by atoms with Gasteiger partial charge < -0.3 is 15.0 Å². The number of rotatable bonds is 4. The van der Waals surface area contributed by atoms with Crippen molar-refractivity contribution in [1.29, 1.82) is 0 Å². The number of hydrogen-bond donors (Lipinski definition) is 1. The summed E-state index contributed by atoms with van der Waals surface area (Å²) in [6.07, 6.45) is 6.09. The Morgan fingerprint density at radius 1 is 1.12 bits per heavy atom. The average Bonchev–Trinajstić information content (AvgIpc) is 3.45. The van der Waals surface area contributed by atoms with Crippen molar-refractivity contribution in [1.82, 2.24) is 4.90 Å². The third kappa shape index (κ3) is 2.64. The summed E-state index contributed by atoms with van der Waals surface area (Å²) in [7, 11) is 1.67. The van der Waals surface area contributed by atoms with Crippen molar-refractivity contribution in [3.8, 4) is 5.75 Å². The van der Waals surface area contributed by atoms with Crippen molar-refractivity contribution in [3.05, 3.63) is 65.7 Å². The number of methoxy groups -OCH3 is 1. The fraction of sp³-hybridized carbons (Fsp3) is 0.250. The Hall–Kier alpha value is -2.75. The van der Waals surface area contributed by atoms with Crippen LogP contribution in [0, 0.1) is 0 Å². The molecule has 4 rings (SSSR count). The predicted octanol–water partition coefficient (Wildman–Crippen LogP) is 3.76. The maximum absolute atomic E-state index is 12.9. The molecule has 2 aliphatic rings. The Bertz CT molecular complexity index is 796. The molecule has 1 saturated carbocycles. The number of fused-ring (bicyclic) bond motifs is 1. The topological polar surface area (TPSA) is 41.6 Å². The molecule has 0 saturated heterocycles. The van der Waals surface area contributed by atoms with Crippen molar-refractivity contribution < 1.29 is 9.53 Å². The van der Waals surface area contributed by atoms with E-state index in [0.29, 0.717) is 6.04 Å². The summed E-state index contributed by atoms with van der Waals surface area (Å²) in [5.74, 6) is 0.941. The number of nitrogens with one attached hydrogen (secondary N) is 1. The number of anilines is 1. The molecule has 1 heterocycles. The first-order valence-corrected chi connectivity index (χ1v) is 8.27. The lowest BCUT2D eigenvalue weighted by Crippen LogP contribution is -2.48. The number of ether oxygens (including phenoxy) is 1. The summed E-state index contributed by atoms with van der Waals surface area (Å²) >= 11 is 0. The Labute approximate surface area is 141 Å². The number of hydrogen-bond acceptors (Lipinski definition) is 3. The monoisotopic (exact) mass is 320 g/mol. The first-order chi connectivity index (χ1) is 11.8. The third-order valence-corrected chi connectivity index (χ3v) is 4.53. The number of amides is 1. The summed E-state index contributed by atoms with van der Waals surface area (Å²) in [6, 6.07) is 15.9. The summed E-state index contributed by atoms with van der Waals surface area (Å²) in [6.45, 7) is 0. The van der Waals surface area contributed by atoms with E-state index in [4.69, 9.17) is 4.74 Å². The van der Waals surface area contributed by atoms with E-state index in [1.54, 1.807) is 7.11 Å². The maximum Gasteiger partial charge on any atom is 0.258 e. The second-order valence-electron chi connectivity index (χ2n) is 6.18. The lowest BCUT2D eigenvalue weighted by molar-refractivity contribution is 0.0703. The summed E-state index contributed by atoms with van der Waals surface area (Å²) in [4.78, 5) is 14.8. The van der Waals surface area contributed by atoms with Gasteiger partial charge in [-0.05, 0) is 37.1 Å². The van der Waals surface area contributed by atoms with Crippen molar-refractivity contribution in [2.75, 3.05) is 12.4 Å². The highest BCUT2D eigenvalue weighted by Gasteiger charge is 2.40. The van der Waals surface area contributed by atoms with E-state index in [9.17, 15) is 4.79 Å². The van der Waals surface area contributed by atoms with Crippen LogP contribution in [-0.2, 0) is 0 Å². The molecule has 2 aromatic rings. The highest BCUT2D eigenvalue weighted by molar-refractivity contribution is 6.02. The van der Waals surface area contributed by atoms with E-state index >= 15 is 0 Å². The standard InChI is InChI=1S/C20H20N2O2/c1-24-18-9-5-2-6-14(18)10-13-19-21-17-8-4-3-7-16(17)20(23)22(19)15-11-12-15/h2-10,13,15,19,21H,11-12H2,1H3/b13-10+/t19-/m0/s1. The Morgan fingerprint density at radius 2 is 1.88 bits per heavy atom. The van der Waals surface area contributed by atoms with Crippen LogP contribution in [0.5, 0.6) is 5.75 Å². The van der Waals surface area contributed by atoms with E-state index in [1.165, 1.54) is 0 Å². The zero-order chi connectivity index (χ0) is 16.5. The number of nitrogens with zero attached hydrogens (tertiary/aromatic N) is 1. The maximum atomic E-state index is 12.9. The smallest absolute Gasteiger partial charge is 0.258 e. The average molecular weight is 320 g/mol. The van der Waals surface area contributed by atoms with Gasteiger partial charge in [0.15, 0.2) is 0 Å². The minimum Gasteiger partial charge on any atom is -0.496 e. The highest BCUT2D eigenvalue weighted by Crippen LogP contribution is 2.35. The number of para-hydroxylation sites is 2. The van der Waals surface area contributed by atoms with Gasteiger partial charge >= 0.3 is 0 Å². The summed E-state index contributed by atoms with van der Waals surface area (Å²) in [5, 5.41) is 3.48. The molecule has 1 fully saturated rings. The van der Waals surface area contributed by atoms with Gasteiger partial charge in [0, 0.05) is 17.3 Å². The molecule has 1 amide bonds. The fourth-order valence-corrected chi connectivity index (χ4v) is 3.18. The zero-order valence-electron chi connectivity index (χ0n) is 13.6. The van der Waals surface area contributed by atoms with E-state index in [0.717, 1.165) is 35.4 Å². The van der Waals surface area contributed by atoms with E-state index in [-0.39, 0.29) is 12.1 Å². The van der Waals surface area contributed by atoms with Crippen LogP contribution >= 0.6 is 0 Å². The zero-order valence-corrected chi connectivity index (χ0v) is 13.6. The minimum atomic E-state index is -0.134. The van der Waals surface area contributed by atoms with Gasteiger partial charge in [-0.15, -0.1) is 0 Å². The predicted molar refractivity (Wildman–Crippen MR) is 95.1 cm³/mol. The minimum absolute atomic E-state index is 0.113. The van der Waals surface area contributed by atoms with Crippen LogP contribution in [-0.4, -0.2) is 30.1 Å².